The lowest BCUT2D eigenvalue weighted by Crippen LogP contribution is -2.13. The van der Waals surface area contributed by atoms with Gasteiger partial charge in [0, 0.05) is 18.7 Å². The van der Waals surface area contributed by atoms with Crippen molar-refractivity contribution in [1.29, 1.82) is 0 Å². The van der Waals surface area contributed by atoms with E-state index in [4.69, 9.17) is 0 Å². The molecule has 0 fully saturated rings. The van der Waals surface area contributed by atoms with Crippen LogP contribution < -0.4 is 5.32 Å². The van der Waals surface area contributed by atoms with Crippen molar-refractivity contribution in [2.24, 2.45) is 0 Å². The molecule has 0 aliphatic rings. The number of hydrogen-bond donors (Lipinski definition) is 1. The first kappa shape index (κ1) is 14.2. The highest BCUT2D eigenvalue weighted by Crippen LogP contribution is 2.30. The number of nitrogens with zero attached hydrogens (tertiary/aromatic N) is 2. The minimum Gasteiger partial charge on any atom is -0.373 e. The molecular weight excluding hydrogens is 281 g/mol. The van der Waals surface area contributed by atoms with Crippen molar-refractivity contribution in [3.8, 4) is 11.3 Å². The van der Waals surface area contributed by atoms with Gasteiger partial charge in [-0.25, -0.2) is 18.7 Å². The van der Waals surface area contributed by atoms with Crippen molar-refractivity contribution < 1.29 is 22.0 Å². The summed E-state index contributed by atoms with van der Waals surface area (Å²) in [5, 5.41) is 2.46. The molecule has 0 saturated heterocycles. The van der Waals surface area contributed by atoms with E-state index >= 15 is 0 Å². The molecule has 0 unspecified atom stereocenters. The first-order valence-corrected chi connectivity index (χ1v) is 5.40. The lowest BCUT2D eigenvalue weighted by molar-refractivity contribution is -0.144. The van der Waals surface area contributed by atoms with E-state index in [1.54, 1.807) is 0 Å². The summed E-state index contributed by atoms with van der Waals surface area (Å²) in [5.74, 6) is -3.69. The average Bonchev–Trinajstić information content (AvgIpc) is 2.40. The molecule has 8 heteroatoms. The maximum Gasteiger partial charge on any atom is 0.451 e. The molecule has 0 saturated carbocycles. The van der Waals surface area contributed by atoms with Gasteiger partial charge in [0.05, 0.1) is 5.69 Å². The van der Waals surface area contributed by atoms with Crippen LogP contribution >= 0.6 is 0 Å². The number of halogens is 5. The predicted octanol–water partition coefficient (Wildman–Crippen LogP) is 3.48. The second kappa shape index (κ2) is 5.03. The van der Waals surface area contributed by atoms with Crippen LogP contribution in [-0.2, 0) is 6.18 Å². The van der Waals surface area contributed by atoms with E-state index in [0.717, 1.165) is 18.2 Å². The molecule has 1 aromatic heterocycles. The Morgan fingerprint density at radius 3 is 2.25 bits per heavy atom. The second-order valence-corrected chi connectivity index (χ2v) is 3.84. The van der Waals surface area contributed by atoms with Crippen LogP contribution in [0.1, 0.15) is 5.82 Å². The van der Waals surface area contributed by atoms with Crippen LogP contribution in [0.2, 0.25) is 0 Å². The van der Waals surface area contributed by atoms with Gasteiger partial charge < -0.3 is 5.32 Å². The number of hydrogen-bond acceptors (Lipinski definition) is 3. The van der Waals surface area contributed by atoms with E-state index in [2.05, 4.69) is 15.3 Å². The molecule has 1 aromatic carbocycles. The van der Waals surface area contributed by atoms with Gasteiger partial charge in [-0.15, -0.1) is 0 Å². The summed E-state index contributed by atoms with van der Waals surface area (Å²) in [7, 11) is 1.39. The Morgan fingerprint density at radius 2 is 1.70 bits per heavy atom. The van der Waals surface area contributed by atoms with Crippen LogP contribution in [0.5, 0.6) is 0 Å². The third-order valence-corrected chi connectivity index (χ3v) is 2.45. The Bertz CT molecular complexity index is 639. The van der Waals surface area contributed by atoms with Crippen LogP contribution in [0.4, 0.5) is 27.8 Å². The fourth-order valence-corrected chi connectivity index (χ4v) is 1.51. The smallest absolute Gasteiger partial charge is 0.373 e. The fourth-order valence-electron chi connectivity index (χ4n) is 1.51. The second-order valence-electron chi connectivity index (χ2n) is 3.84. The summed E-state index contributed by atoms with van der Waals surface area (Å²) in [6.45, 7) is 0. The summed E-state index contributed by atoms with van der Waals surface area (Å²) in [4.78, 5) is 6.60. The standard InChI is InChI=1S/C12H8F5N3/c1-18-10-5-9(19-11(20-10)12(15,16)17)6-2-3-7(13)8(14)4-6/h2-5H,1H3,(H,18,19,20). The third kappa shape index (κ3) is 2.84. The molecule has 3 nitrogen and oxygen atoms in total. The summed E-state index contributed by atoms with van der Waals surface area (Å²) >= 11 is 0. The predicted molar refractivity (Wildman–Crippen MR) is 61.9 cm³/mol. The number of aromatic nitrogens is 2. The first-order valence-electron chi connectivity index (χ1n) is 5.40. The van der Waals surface area contributed by atoms with Crippen LogP contribution in [0, 0.1) is 11.6 Å². The van der Waals surface area contributed by atoms with E-state index in [9.17, 15) is 22.0 Å². The number of nitrogens with one attached hydrogen (secondary N) is 1. The highest BCUT2D eigenvalue weighted by atomic mass is 19.4. The Labute approximate surface area is 110 Å². The molecule has 1 heterocycles. The Hall–Kier alpha value is -2.25. The van der Waals surface area contributed by atoms with E-state index in [0.29, 0.717) is 0 Å². The Balaban J connectivity index is 2.58. The molecule has 1 N–H and O–H groups in total. The molecule has 2 aromatic rings. The zero-order chi connectivity index (χ0) is 14.9. The number of benzene rings is 1. The Morgan fingerprint density at radius 1 is 1.00 bits per heavy atom. The topological polar surface area (TPSA) is 37.8 Å². The summed E-state index contributed by atoms with van der Waals surface area (Å²) in [6, 6.07) is 3.94. The van der Waals surface area contributed by atoms with Crippen molar-refractivity contribution >= 4 is 5.82 Å². The lowest BCUT2D eigenvalue weighted by atomic mass is 10.1. The molecule has 0 aliphatic heterocycles. The third-order valence-electron chi connectivity index (χ3n) is 2.45. The van der Waals surface area contributed by atoms with Gasteiger partial charge in [-0.2, -0.15) is 13.2 Å². The zero-order valence-corrected chi connectivity index (χ0v) is 10.1. The van der Waals surface area contributed by atoms with Crippen LogP contribution in [0.3, 0.4) is 0 Å². The van der Waals surface area contributed by atoms with Crippen molar-refractivity contribution in [3.63, 3.8) is 0 Å². The molecular formula is C12H8F5N3. The van der Waals surface area contributed by atoms with Gasteiger partial charge in [0.25, 0.3) is 0 Å². The number of rotatable bonds is 2. The van der Waals surface area contributed by atoms with E-state index in [1.165, 1.54) is 13.1 Å². The summed E-state index contributed by atoms with van der Waals surface area (Å²) in [5.41, 5.74) is -0.135. The van der Waals surface area contributed by atoms with Crippen molar-refractivity contribution in [1.82, 2.24) is 9.97 Å². The molecule has 0 amide bonds. The van der Waals surface area contributed by atoms with Gasteiger partial charge in [-0.05, 0) is 18.2 Å². The largest absolute Gasteiger partial charge is 0.451 e. The van der Waals surface area contributed by atoms with Crippen LogP contribution in [0.15, 0.2) is 24.3 Å². The molecule has 106 valence electrons. The van der Waals surface area contributed by atoms with E-state index in [1.807, 2.05) is 0 Å². The molecule has 0 spiro atoms. The highest BCUT2D eigenvalue weighted by molar-refractivity contribution is 5.62. The minimum absolute atomic E-state index is 0.0216. The quantitative estimate of drug-likeness (QED) is 0.860. The van der Waals surface area contributed by atoms with Crippen LogP contribution in [-0.4, -0.2) is 17.0 Å². The Kier molecular flexibility index (Phi) is 3.56. The molecule has 20 heavy (non-hydrogen) atoms. The molecule has 0 atom stereocenters. The van der Waals surface area contributed by atoms with Crippen LogP contribution in [0.25, 0.3) is 11.3 Å². The molecule has 2 rings (SSSR count). The van der Waals surface area contributed by atoms with Gasteiger partial charge >= 0.3 is 6.18 Å². The summed E-state index contributed by atoms with van der Waals surface area (Å²) < 4.78 is 63.9. The maximum atomic E-state index is 13.1. The van der Waals surface area contributed by atoms with Crippen molar-refractivity contribution in [2.45, 2.75) is 6.18 Å². The maximum absolute atomic E-state index is 13.1. The molecule has 0 bridgehead atoms. The number of anilines is 1. The summed E-state index contributed by atoms with van der Waals surface area (Å²) in [6.07, 6.45) is -4.74. The van der Waals surface area contributed by atoms with Crippen molar-refractivity contribution in [2.75, 3.05) is 12.4 Å². The van der Waals surface area contributed by atoms with Gasteiger partial charge in [-0.3, -0.25) is 0 Å². The van der Waals surface area contributed by atoms with Gasteiger partial charge in [0.2, 0.25) is 5.82 Å². The number of alkyl halides is 3. The first-order chi connectivity index (χ1) is 9.31. The lowest BCUT2D eigenvalue weighted by Gasteiger charge is -2.10. The zero-order valence-electron chi connectivity index (χ0n) is 10.1. The normalized spacial score (nSPS) is 11.5. The minimum atomic E-state index is -4.74. The van der Waals surface area contributed by atoms with Crippen molar-refractivity contribution in [3.05, 3.63) is 41.7 Å². The fraction of sp³-hybridized carbons (Fsp3) is 0.167. The SMILES string of the molecule is CNc1cc(-c2ccc(F)c(F)c2)nc(C(F)(F)F)n1. The van der Waals surface area contributed by atoms with Gasteiger partial charge in [-0.1, -0.05) is 0 Å². The average molecular weight is 289 g/mol. The monoisotopic (exact) mass is 289 g/mol. The molecule has 0 aliphatic carbocycles. The van der Waals surface area contributed by atoms with Gasteiger partial charge in [0.15, 0.2) is 11.6 Å². The van der Waals surface area contributed by atoms with Gasteiger partial charge in [0.1, 0.15) is 5.82 Å². The highest BCUT2D eigenvalue weighted by Gasteiger charge is 2.35. The molecule has 0 radical (unpaired) electrons. The van der Waals surface area contributed by atoms with E-state index < -0.39 is 23.6 Å². The van der Waals surface area contributed by atoms with E-state index in [-0.39, 0.29) is 17.1 Å².